The Bertz CT molecular complexity index is 1070. The molecule has 0 spiro atoms. The van der Waals surface area contributed by atoms with Gasteiger partial charge in [-0.25, -0.2) is 0 Å². The van der Waals surface area contributed by atoms with Gasteiger partial charge in [-0.1, -0.05) is 60.7 Å². The number of aryl methyl sites for hydroxylation is 1. The lowest BCUT2D eigenvalue weighted by Crippen LogP contribution is -2.28. The summed E-state index contributed by atoms with van der Waals surface area (Å²) in [5.74, 6) is 0.220. The summed E-state index contributed by atoms with van der Waals surface area (Å²) < 4.78 is 0. The summed E-state index contributed by atoms with van der Waals surface area (Å²) in [6, 6.07) is 24.7. The number of carbonyl (C=O) groups excluding carboxylic acids is 2. The molecule has 0 radical (unpaired) electrons. The molecule has 2 amide bonds. The van der Waals surface area contributed by atoms with Crippen LogP contribution in [0.2, 0.25) is 0 Å². The number of nitrogens with zero attached hydrogens (tertiary/aromatic N) is 1. The van der Waals surface area contributed by atoms with Gasteiger partial charge in [-0.3, -0.25) is 14.5 Å². The first-order valence-electron chi connectivity index (χ1n) is 9.64. The van der Waals surface area contributed by atoms with E-state index in [1.807, 2.05) is 90.7 Å². The molecule has 0 unspecified atom stereocenters. The van der Waals surface area contributed by atoms with Crippen molar-refractivity contribution in [2.45, 2.75) is 17.7 Å². The summed E-state index contributed by atoms with van der Waals surface area (Å²) in [7, 11) is 0. The number of hydrogen-bond donors (Lipinski definition) is 1. The number of alkyl halides is 1. The van der Waals surface area contributed by atoms with Gasteiger partial charge in [0.15, 0.2) is 0 Å². The Morgan fingerprint density at radius 3 is 2.57 bits per heavy atom. The zero-order chi connectivity index (χ0) is 21.1. The van der Waals surface area contributed by atoms with Gasteiger partial charge in [-0.15, -0.1) is 23.4 Å². The van der Waals surface area contributed by atoms with Crippen molar-refractivity contribution in [3.8, 4) is 0 Å². The lowest BCUT2D eigenvalue weighted by molar-refractivity contribution is -0.116. The van der Waals surface area contributed by atoms with Crippen molar-refractivity contribution < 1.29 is 9.59 Å². The molecule has 1 saturated heterocycles. The Balaban J connectivity index is 1.56. The fraction of sp³-hybridized carbons (Fsp3) is 0.167. The normalized spacial score (nSPS) is 17.1. The molecule has 6 heteroatoms. The van der Waals surface area contributed by atoms with Crippen LogP contribution in [0, 0.1) is 6.92 Å². The van der Waals surface area contributed by atoms with Gasteiger partial charge in [0, 0.05) is 11.4 Å². The molecule has 0 saturated carbocycles. The number of rotatable bonds is 5. The highest BCUT2D eigenvalue weighted by Crippen LogP contribution is 2.43. The third kappa shape index (κ3) is 4.23. The molecule has 152 valence electrons. The molecular weight excluding hydrogens is 416 g/mol. The van der Waals surface area contributed by atoms with E-state index in [0.29, 0.717) is 11.4 Å². The highest BCUT2D eigenvalue weighted by Gasteiger charge is 2.34. The minimum Gasteiger partial charge on any atom is -0.324 e. The minimum atomic E-state index is -0.777. The van der Waals surface area contributed by atoms with Crippen LogP contribution in [-0.2, 0) is 9.59 Å². The summed E-state index contributed by atoms with van der Waals surface area (Å²) in [6.45, 7) is 2.00. The lowest BCUT2D eigenvalue weighted by atomic mass is 10.1. The Hall–Kier alpha value is -2.76. The molecule has 4 nitrogen and oxygen atoms in total. The Morgan fingerprint density at radius 1 is 1.07 bits per heavy atom. The van der Waals surface area contributed by atoms with E-state index in [-0.39, 0.29) is 17.2 Å². The summed E-state index contributed by atoms with van der Waals surface area (Å²) in [5, 5.41) is 1.98. The maximum atomic E-state index is 12.6. The number of hydrogen-bond acceptors (Lipinski definition) is 3. The van der Waals surface area contributed by atoms with Gasteiger partial charge in [-0.2, -0.15) is 0 Å². The van der Waals surface area contributed by atoms with Gasteiger partial charge in [0.25, 0.3) is 0 Å². The van der Waals surface area contributed by atoms with Crippen LogP contribution < -0.4 is 10.2 Å². The van der Waals surface area contributed by atoms with Crippen LogP contribution >= 0.6 is 23.4 Å². The monoisotopic (exact) mass is 436 g/mol. The molecular formula is C24H21ClN2O2S. The number of nitrogens with one attached hydrogen (secondary N) is 1. The van der Waals surface area contributed by atoms with Crippen LogP contribution in [0.3, 0.4) is 0 Å². The Morgan fingerprint density at radius 2 is 1.80 bits per heavy atom. The van der Waals surface area contributed by atoms with Gasteiger partial charge in [0.1, 0.15) is 10.8 Å². The third-order valence-electron chi connectivity index (χ3n) is 5.00. The van der Waals surface area contributed by atoms with Crippen LogP contribution in [0.25, 0.3) is 0 Å². The third-order valence-corrected chi connectivity index (χ3v) is 6.67. The molecule has 0 aliphatic carbocycles. The number of para-hydroxylation sites is 1. The summed E-state index contributed by atoms with van der Waals surface area (Å²) >= 11 is 7.93. The quantitative estimate of drug-likeness (QED) is 0.522. The first-order chi connectivity index (χ1) is 14.5. The van der Waals surface area contributed by atoms with Crippen molar-refractivity contribution in [1.29, 1.82) is 0 Å². The van der Waals surface area contributed by atoms with E-state index < -0.39 is 5.38 Å². The number of anilines is 2. The highest BCUT2D eigenvalue weighted by molar-refractivity contribution is 8.00. The first-order valence-corrected chi connectivity index (χ1v) is 11.1. The SMILES string of the molecule is Cc1ccccc1N1C(=O)CS[C@@H]1c1cccc(NC(=O)[C@@H](Cl)c2ccccc2)c1. The zero-order valence-corrected chi connectivity index (χ0v) is 18.0. The molecule has 2 atom stereocenters. The second-order valence-electron chi connectivity index (χ2n) is 7.10. The van der Waals surface area contributed by atoms with Crippen LogP contribution in [0.5, 0.6) is 0 Å². The van der Waals surface area contributed by atoms with Crippen molar-refractivity contribution in [3.05, 3.63) is 95.6 Å². The van der Waals surface area contributed by atoms with Gasteiger partial charge in [0.05, 0.1) is 5.75 Å². The van der Waals surface area contributed by atoms with Crippen molar-refractivity contribution in [2.24, 2.45) is 0 Å². The fourth-order valence-electron chi connectivity index (χ4n) is 3.51. The highest BCUT2D eigenvalue weighted by atomic mass is 35.5. The lowest BCUT2D eigenvalue weighted by Gasteiger charge is -2.26. The molecule has 3 aromatic carbocycles. The summed E-state index contributed by atoms with van der Waals surface area (Å²) in [4.78, 5) is 27.1. The molecule has 0 bridgehead atoms. The summed E-state index contributed by atoms with van der Waals surface area (Å²) in [5.41, 5.74) is 4.32. The standard InChI is InChI=1S/C24H21ClN2O2S/c1-16-8-5-6-13-20(16)27-21(28)15-30-24(27)18-11-7-12-19(14-18)26-23(29)22(25)17-9-3-2-4-10-17/h2-14,22,24H,15H2,1H3,(H,26,29)/t22-,24+/m0/s1. The average Bonchev–Trinajstić information content (AvgIpc) is 3.15. The van der Waals surface area contributed by atoms with E-state index in [4.69, 9.17) is 11.6 Å². The molecule has 0 aromatic heterocycles. The minimum absolute atomic E-state index is 0.0821. The maximum absolute atomic E-state index is 12.6. The van der Waals surface area contributed by atoms with Gasteiger partial charge in [0.2, 0.25) is 11.8 Å². The molecule has 3 aromatic rings. The van der Waals surface area contributed by atoms with Crippen LogP contribution in [-0.4, -0.2) is 17.6 Å². The topological polar surface area (TPSA) is 49.4 Å². The fourth-order valence-corrected chi connectivity index (χ4v) is 4.87. The van der Waals surface area contributed by atoms with Crippen molar-refractivity contribution in [3.63, 3.8) is 0 Å². The van der Waals surface area contributed by atoms with Crippen LogP contribution in [0.15, 0.2) is 78.9 Å². The molecule has 30 heavy (non-hydrogen) atoms. The second kappa shape index (κ2) is 8.94. The van der Waals surface area contributed by atoms with Gasteiger partial charge in [-0.05, 0) is 41.8 Å². The van der Waals surface area contributed by atoms with Gasteiger partial charge >= 0.3 is 0 Å². The second-order valence-corrected chi connectivity index (χ2v) is 8.61. The average molecular weight is 437 g/mol. The predicted octanol–water partition coefficient (Wildman–Crippen LogP) is 5.69. The molecule has 1 N–H and O–H groups in total. The largest absolute Gasteiger partial charge is 0.324 e. The van der Waals surface area contributed by atoms with Crippen molar-refractivity contribution in [2.75, 3.05) is 16.0 Å². The maximum Gasteiger partial charge on any atom is 0.246 e. The molecule has 1 aliphatic heterocycles. The molecule has 1 fully saturated rings. The van der Waals surface area contributed by atoms with E-state index in [0.717, 1.165) is 22.4 Å². The number of amides is 2. The van der Waals surface area contributed by atoms with E-state index >= 15 is 0 Å². The molecule has 1 heterocycles. The number of thioether (sulfide) groups is 1. The molecule has 1 aliphatic rings. The molecule has 4 rings (SSSR count). The number of carbonyl (C=O) groups is 2. The van der Waals surface area contributed by atoms with Gasteiger partial charge < -0.3 is 5.32 Å². The van der Waals surface area contributed by atoms with E-state index in [9.17, 15) is 9.59 Å². The number of benzene rings is 3. The number of halogens is 1. The van der Waals surface area contributed by atoms with E-state index in [2.05, 4.69) is 5.32 Å². The van der Waals surface area contributed by atoms with E-state index in [1.54, 1.807) is 11.8 Å². The predicted molar refractivity (Wildman–Crippen MR) is 124 cm³/mol. The summed E-state index contributed by atoms with van der Waals surface area (Å²) in [6.07, 6.45) is 0. The Labute approximate surface area is 185 Å². The van der Waals surface area contributed by atoms with Crippen LogP contribution in [0.4, 0.5) is 11.4 Å². The zero-order valence-electron chi connectivity index (χ0n) is 16.4. The Kier molecular flexibility index (Phi) is 6.11. The van der Waals surface area contributed by atoms with E-state index in [1.165, 1.54) is 0 Å². The first kappa shape index (κ1) is 20.5. The van der Waals surface area contributed by atoms with Crippen molar-refractivity contribution >= 4 is 46.6 Å². The smallest absolute Gasteiger partial charge is 0.246 e. The van der Waals surface area contributed by atoms with Crippen molar-refractivity contribution in [1.82, 2.24) is 0 Å². The van der Waals surface area contributed by atoms with Crippen LogP contribution in [0.1, 0.15) is 27.4 Å².